The highest BCUT2D eigenvalue weighted by atomic mass is 16.5. The molecule has 112 valence electrons. The maximum atomic E-state index is 6.38. The van der Waals surface area contributed by atoms with Gasteiger partial charge in [0, 0.05) is 24.0 Å². The Morgan fingerprint density at radius 1 is 1.35 bits per heavy atom. The first-order valence-corrected chi connectivity index (χ1v) is 7.92. The average Bonchev–Trinajstić information content (AvgIpc) is 2.48. The van der Waals surface area contributed by atoms with E-state index in [1.165, 1.54) is 6.42 Å². The second kappa shape index (κ2) is 7.19. The van der Waals surface area contributed by atoms with Crippen molar-refractivity contribution < 1.29 is 4.74 Å². The van der Waals surface area contributed by atoms with Crippen LogP contribution in [0, 0.1) is 11.8 Å². The van der Waals surface area contributed by atoms with Crippen molar-refractivity contribution in [1.29, 1.82) is 0 Å². The van der Waals surface area contributed by atoms with E-state index in [-0.39, 0.29) is 12.1 Å². The first kappa shape index (κ1) is 15.5. The molecule has 1 heterocycles. The van der Waals surface area contributed by atoms with Crippen molar-refractivity contribution in [2.75, 3.05) is 0 Å². The zero-order valence-corrected chi connectivity index (χ0v) is 13.0. The maximum Gasteiger partial charge on any atom is 0.0994 e. The Morgan fingerprint density at radius 2 is 2.15 bits per heavy atom. The Labute approximate surface area is 122 Å². The van der Waals surface area contributed by atoms with Crippen molar-refractivity contribution in [2.45, 2.75) is 64.7 Å². The minimum absolute atomic E-state index is 0.0284. The number of rotatable bonds is 5. The average molecular weight is 276 g/mol. The zero-order chi connectivity index (χ0) is 14.5. The molecule has 0 bridgehead atoms. The van der Waals surface area contributed by atoms with Gasteiger partial charge in [-0.3, -0.25) is 4.98 Å². The summed E-state index contributed by atoms with van der Waals surface area (Å²) >= 11 is 0. The van der Waals surface area contributed by atoms with Crippen LogP contribution >= 0.6 is 0 Å². The minimum atomic E-state index is -0.0284. The van der Waals surface area contributed by atoms with Crippen LogP contribution in [0.4, 0.5) is 0 Å². The van der Waals surface area contributed by atoms with Crippen molar-refractivity contribution in [3.8, 4) is 0 Å². The van der Waals surface area contributed by atoms with Crippen molar-refractivity contribution in [3.63, 3.8) is 0 Å². The molecule has 0 saturated heterocycles. The molecule has 3 heteroatoms. The molecule has 0 radical (unpaired) electrons. The Hall–Kier alpha value is -0.930. The summed E-state index contributed by atoms with van der Waals surface area (Å²) in [6.45, 7) is 6.79. The van der Waals surface area contributed by atoms with Crippen molar-refractivity contribution in [2.24, 2.45) is 17.6 Å². The second-order valence-corrected chi connectivity index (χ2v) is 6.30. The molecule has 1 saturated carbocycles. The van der Waals surface area contributed by atoms with Crippen molar-refractivity contribution in [3.05, 3.63) is 30.1 Å². The quantitative estimate of drug-likeness (QED) is 0.892. The molecule has 2 rings (SSSR count). The van der Waals surface area contributed by atoms with Crippen LogP contribution in [0.2, 0.25) is 0 Å². The summed E-state index contributed by atoms with van der Waals surface area (Å²) < 4.78 is 6.38. The van der Waals surface area contributed by atoms with Crippen LogP contribution < -0.4 is 5.73 Å². The highest BCUT2D eigenvalue weighted by Crippen LogP contribution is 2.34. The first-order valence-electron chi connectivity index (χ1n) is 7.92. The predicted octanol–water partition coefficient (Wildman–Crippen LogP) is 3.70. The lowest BCUT2D eigenvalue weighted by molar-refractivity contribution is -0.0595. The van der Waals surface area contributed by atoms with Gasteiger partial charge in [-0.05, 0) is 43.6 Å². The topological polar surface area (TPSA) is 48.1 Å². The second-order valence-electron chi connectivity index (χ2n) is 6.30. The number of hydrogen-bond donors (Lipinski definition) is 1. The molecule has 1 aromatic rings. The normalized spacial score (nSPS) is 29.9. The smallest absolute Gasteiger partial charge is 0.0994 e. The summed E-state index contributed by atoms with van der Waals surface area (Å²) in [6, 6.07) is 4.07. The lowest BCUT2D eigenvalue weighted by atomic mass is 9.80. The van der Waals surface area contributed by atoms with Gasteiger partial charge in [-0.2, -0.15) is 0 Å². The lowest BCUT2D eigenvalue weighted by Crippen LogP contribution is -2.35. The first-order chi connectivity index (χ1) is 9.61. The molecular formula is C17H28N2O. The van der Waals surface area contributed by atoms with Crippen LogP contribution in [0.5, 0.6) is 0 Å². The summed E-state index contributed by atoms with van der Waals surface area (Å²) in [5.41, 5.74) is 7.38. The summed E-state index contributed by atoms with van der Waals surface area (Å²) in [5.74, 6) is 1.55. The van der Waals surface area contributed by atoms with Crippen LogP contribution in [0.1, 0.15) is 58.1 Å². The Balaban J connectivity index is 2.05. The molecule has 1 aliphatic rings. The van der Waals surface area contributed by atoms with Gasteiger partial charge in [-0.25, -0.2) is 0 Å². The van der Waals surface area contributed by atoms with E-state index in [2.05, 4.69) is 31.8 Å². The molecule has 5 atom stereocenters. The fourth-order valence-corrected chi connectivity index (χ4v) is 3.01. The molecule has 0 aliphatic heterocycles. The fraction of sp³-hybridized carbons (Fsp3) is 0.706. The van der Waals surface area contributed by atoms with E-state index in [0.717, 1.165) is 36.7 Å². The van der Waals surface area contributed by atoms with Gasteiger partial charge in [0.25, 0.3) is 0 Å². The van der Waals surface area contributed by atoms with Gasteiger partial charge in [0.2, 0.25) is 0 Å². The Bertz CT molecular complexity index is 395. The van der Waals surface area contributed by atoms with Crippen molar-refractivity contribution in [1.82, 2.24) is 4.98 Å². The minimum Gasteiger partial charge on any atom is -0.369 e. The monoisotopic (exact) mass is 276 g/mol. The van der Waals surface area contributed by atoms with Gasteiger partial charge < -0.3 is 10.5 Å². The lowest BCUT2D eigenvalue weighted by Gasteiger charge is -2.35. The number of ether oxygens (including phenoxy) is 1. The molecule has 5 unspecified atom stereocenters. The van der Waals surface area contributed by atoms with E-state index in [9.17, 15) is 0 Å². The zero-order valence-electron chi connectivity index (χ0n) is 13.0. The summed E-state index contributed by atoms with van der Waals surface area (Å²) in [4.78, 5) is 4.21. The number of aromatic nitrogens is 1. The van der Waals surface area contributed by atoms with Gasteiger partial charge in [0.15, 0.2) is 0 Å². The summed E-state index contributed by atoms with van der Waals surface area (Å²) in [6.07, 6.45) is 8.46. The molecular weight excluding hydrogens is 248 g/mol. The molecule has 1 fully saturated rings. The van der Waals surface area contributed by atoms with Crippen LogP contribution in [0.25, 0.3) is 0 Å². The molecule has 1 aromatic heterocycles. The van der Waals surface area contributed by atoms with Crippen LogP contribution in [0.15, 0.2) is 24.5 Å². The predicted molar refractivity (Wildman–Crippen MR) is 82.3 cm³/mol. The SMILES string of the molecule is CCC(N)C(OC1CCC(C)C(C)C1)c1cccnc1. The van der Waals surface area contributed by atoms with E-state index in [1.807, 2.05) is 12.3 Å². The van der Waals surface area contributed by atoms with Gasteiger partial charge in [0.1, 0.15) is 0 Å². The molecule has 20 heavy (non-hydrogen) atoms. The van der Waals surface area contributed by atoms with Crippen LogP contribution in [-0.2, 0) is 4.74 Å². The highest BCUT2D eigenvalue weighted by Gasteiger charge is 2.29. The summed E-state index contributed by atoms with van der Waals surface area (Å²) in [5, 5.41) is 0. The third kappa shape index (κ3) is 3.80. The number of pyridine rings is 1. The maximum absolute atomic E-state index is 6.38. The van der Waals surface area contributed by atoms with Gasteiger partial charge in [0.05, 0.1) is 12.2 Å². The summed E-state index contributed by atoms with van der Waals surface area (Å²) in [7, 11) is 0. The van der Waals surface area contributed by atoms with Gasteiger partial charge in [-0.1, -0.05) is 26.8 Å². The van der Waals surface area contributed by atoms with Crippen LogP contribution in [-0.4, -0.2) is 17.1 Å². The molecule has 1 aliphatic carbocycles. The van der Waals surface area contributed by atoms with E-state index < -0.39 is 0 Å². The molecule has 3 nitrogen and oxygen atoms in total. The third-order valence-corrected chi connectivity index (χ3v) is 4.76. The fourth-order valence-electron chi connectivity index (χ4n) is 3.01. The standard InChI is InChI=1S/C17H28N2O/c1-4-16(18)17(14-6-5-9-19-11-14)20-15-8-7-12(2)13(3)10-15/h5-6,9,11-13,15-17H,4,7-8,10,18H2,1-3H3. The highest BCUT2D eigenvalue weighted by molar-refractivity contribution is 5.14. The molecule has 0 amide bonds. The third-order valence-electron chi connectivity index (χ3n) is 4.76. The Morgan fingerprint density at radius 3 is 2.75 bits per heavy atom. The Kier molecular flexibility index (Phi) is 5.55. The van der Waals surface area contributed by atoms with Crippen molar-refractivity contribution >= 4 is 0 Å². The molecule has 0 spiro atoms. The molecule has 0 aromatic carbocycles. The van der Waals surface area contributed by atoms with E-state index in [1.54, 1.807) is 6.20 Å². The number of hydrogen-bond acceptors (Lipinski definition) is 3. The van der Waals surface area contributed by atoms with E-state index >= 15 is 0 Å². The van der Waals surface area contributed by atoms with Crippen LogP contribution in [0.3, 0.4) is 0 Å². The largest absolute Gasteiger partial charge is 0.369 e. The van der Waals surface area contributed by atoms with E-state index in [4.69, 9.17) is 10.5 Å². The van der Waals surface area contributed by atoms with E-state index in [0.29, 0.717) is 6.10 Å². The van der Waals surface area contributed by atoms with Gasteiger partial charge in [-0.15, -0.1) is 0 Å². The number of nitrogens with zero attached hydrogens (tertiary/aromatic N) is 1. The van der Waals surface area contributed by atoms with Gasteiger partial charge >= 0.3 is 0 Å². The number of nitrogens with two attached hydrogens (primary N) is 1. The molecule has 2 N–H and O–H groups in total.